The van der Waals surface area contributed by atoms with Crippen molar-refractivity contribution in [1.82, 2.24) is 14.5 Å². The molecule has 0 aliphatic carbocycles. The molecule has 1 unspecified atom stereocenters. The minimum Gasteiger partial charge on any atom is -0.296 e. The summed E-state index contributed by atoms with van der Waals surface area (Å²) in [5.41, 5.74) is 3.28. The van der Waals surface area contributed by atoms with Gasteiger partial charge in [0.15, 0.2) is 21.0 Å². The fourth-order valence-corrected chi connectivity index (χ4v) is 5.26. The fourth-order valence-electron chi connectivity index (χ4n) is 4.04. The van der Waals surface area contributed by atoms with Crippen LogP contribution >= 0.6 is 15.9 Å². The molecular formula is C26H25BrN5O2S+. The van der Waals surface area contributed by atoms with E-state index < -0.39 is 10.0 Å². The largest absolute Gasteiger partial charge is 0.296 e. The first-order valence-electron chi connectivity index (χ1n) is 11.5. The van der Waals surface area contributed by atoms with E-state index in [9.17, 15) is 8.76 Å². The molecule has 0 saturated heterocycles. The Morgan fingerprint density at radius 3 is 2.40 bits per heavy atom. The highest BCUT2D eigenvalue weighted by Gasteiger charge is 2.24. The van der Waals surface area contributed by atoms with Crippen molar-refractivity contribution in [3.63, 3.8) is 0 Å². The van der Waals surface area contributed by atoms with Gasteiger partial charge in [0.1, 0.15) is 0 Å². The summed E-state index contributed by atoms with van der Waals surface area (Å²) in [4.78, 5) is 9.71. The number of para-hydroxylation sites is 4. The normalized spacial score (nSPS) is 13.2. The van der Waals surface area contributed by atoms with Crippen LogP contribution in [0.3, 0.4) is 0 Å². The average molecular weight is 551 g/mol. The van der Waals surface area contributed by atoms with Crippen LogP contribution in [0.4, 0.5) is 5.82 Å². The summed E-state index contributed by atoms with van der Waals surface area (Å²) >= 11 is 3.36. The molecule has 0 radical (unpaired) electrons. The van der Waals surface area contributed by atoms with Gasteiger partial charge in [0, 0.05) is 4.47 Å². The molecule has 3 aromatic carbocycles. The van der Waals surface area contributed by atoms with Gasteiger partial charge in [-0.3, -0.25) is 4.55 Å². The maximum Gasteiger partial charge on any atom is 0.273 e. The van der Waals surface area contributed by atoms with E-state index in [1.807, 2.05) is 53.4 Å². The molecule has 9 heteroatoms. The Hall–Kier alpha value is -3.14. The van der Waals surface area contributed by atoms with Crippen LogP contribution in [-0.2, 0) is 16.6 Å². The maximum absolute atomic E-state index is 13.3. The molecule has 0 spiro atoms. The predicted molar refractivity (Wildman–Crippen MR) is 141 cm³/mol. The smallest absolute Gasteiger partial charge is 0.273 e. The first kappa shape index (κ1) is 23.6. The molecule has 0 saturated carbocycles. The van der Waals surface area contributed by atoms with E-state index in [0.29, 0.717) is 16.9 Å². The molecule has 7 nitrogen and oxygen atoms in total. The zero-order chi connectivity index (χ0) is 24.4. The van der Waals surface area contributed by atoms with Gasteiger partial charge in [-0.1, -0.05) is 53.5 Å². The van der Waals surface area contributed by atoms with E-state index in [-0.39, 0.29) is 10.7 Å². The van der Waals surface area contributed by atoms with Crippen LogP contribution in [0, 0.1) is 0 Å². The standard InChI is InChI=1S/C26H24BrN5O2S/c1-2-3-8-17-31-18-32(24-12-7-6-11-23(24)31)26-25(28-21-9-4-5-10-22(21)29-26)30-35(33,34)20-15-13-19(27)14-16-20/h4-7,9-16,18H,2-3,8,17H2,1H3/p+1. The van der Waals surface area contributed by atoms with Crippen LogP contribution in [-0.4, -0.2) is 23.3 Å². The molecule has 1 N–H and O–H groups in total. The lowest BCUT2D eigenvalue weighted by molar-refractivity contribution is -0.672. The Kier molecular flexibility index (Phi) is 6.64. The van der Waals surface area contributed by atoms with Gasteiger partial charge in [0.2, 0.25) is 5.82 Å². The minimum atomic E-state index is -3.76. The molecule has 0 fully saturated rings. The van der Waals surface area contributed by atoms with Crippen molar-refractivity contribution < 1.29 is 13.3 Å². The molecule has 5 aromatic rings. The topological polar surface area (TPSA) is 84.3 Å². The highest BCUT2D eigenvalue weighted by Crippen LogP contribution is 2.28. The summed E-state index contributed by atoms with van der Waals surface area (Å²) in [5.74, 6) is 0.522. The van der Waals surface area contributed by atoms with Gasteiger partial charge >= 0.3 is 0 Å². The number of imidazole rings is 1. The van der Waals surface area contributed by atoms with Gasteiger partial charge in [-0.15, -0.1) is 4.36 Å². The van der Waals surface area contributed by atoms with Crippen molar-refractivity contribution >= 4 is 53.8 Å². The van der Waals surface area contributed by atoms with E-state index in [2.05, 4.69) is 42.8 Å². The molecule has 0 aliphatic heterocycles. The average Bonchev–Trinajstić information content (AvgIpc) is 3.22. The fraction of sp³-hybridized carbons (Fsp3) is 0.192. The quantitative estimate of drug-likeness (QED) is 0.186. The number of aryl methyl sites for hydroxylation is 1. The van der Waals surface area contributed by atoms with Crippen molar-refractivity contribution in [2.75, 3.05) is 0 Å². The third kappa shape index (κ3) is 4.84. The van der Waals surface area contributed by atoms with Crippen LogP contribution in [0.2, 0.25) is 0 Å². The third-order valence-corrected chi connectivity index (χ3v) is 7.64. The van der Waals surface area contributed by atoms with Gasteiger partial charge in [-0.25, -0.2) is 18.7 Å². The van der Waals surface area contributed by atoms with E-state index >= 15 is 0 Å². The second kappa shape index (κ2) is 9.85. The molecular weight excluding hydrogens is 526 g/mol. The van der Waals surface area contributed by atoms with Crippen LogP contribution in [0.25, 0.3) is 27.9 Å². The number of hydrogen-bond donors (Lipinski definition) is 1. The Bertz CT molecular complexity index is 1640. The number of nitrogens with zero attached hydrogens (tertiary/aromatic N) is 5. The number of aromatic nitrogens is 4. The Balaban J connectivity index is 1.74. The van der Waals surface area contributed by atoms with Crippen molar-refractivity contribution in [2.45, 2.75) is 37.6 Å². The lowest BCUT2D eigenvalue weighted by atomic mass is 10.2. The van der Waals surface area contributed by atoms with Crippen LogP contribution in [0.5, 0.6) is 0 Å². The molecule has 5 rings (SSSR count). The molecule has 0 amide bonds. The highest BCUT2D eigenvalue weighted by molar-refractivity contribution is 9.10. The molecule has 35 heavy (non-hydrogen) atoms. The van der Waals surface area contributed by atoms with E-state index in [0.717, 1.165) is 41.3 Å². The van der Waals surface area contributed by atoms with Crippen molar-refractivity contribution in [2.24, 2.45) is 4.36 Å². The van der Waals surface area contributed by atoms with Gasteiger partial charge < -0.3 is 0 Å². The van der Waals surface area contributed by atoms with Crippen LogP contribution in [0.1, 0.15) is 26.2 Å². The van der Waals surface area contributed by atoms with E-state index in [1.54, 1.807) is 24.3 Å². The number of fused-ring (bicyclic) bond motifs is 2. The molecule has 2 heterocycles. The summed E-state index contributed by atoms with van der Waals surface area (Å²) in [6.45, 7) is 3.05. The summed E-state index contributed by atoms with van der Waals surface area (Å²) in [6.07, 6.45) is 5.32. The molecule has 1 atom stereocenters. The number of unbranched alkanes of at least 4 members (excludes halogenated alkanes) is 2. The molecule has 0 bridgehead atoms. The summed E-state index contributed by atoms with van der Waals surface area (Å²) < 4.78 is 33.4. The number of hydrogen-bond acceptors (Lipinski definition) is 4. The number of halogens is 1. The molecule has 178 valence electrons. The third-order valence-electron chi connectivity index (χ3n) is 5.80. The Labute approximate surface area is 212 Å². The van der Waals surface area contributed by atoms with Crippen molar-refractivity contribution in [3.8, 4) is 5.82 Å². The van der Waals surface area contributed by atoms with Crippen LogP contribution in [0.15, 0.2) is 92.9 Å². The minimum absolute atomic E-state index is 0.112. The zero-order valence-electron chi connectivity index (χ0n) is 19.2. The zero-order valence-corrected chi connectivity index (χ0v) is 21.6. The van der Waals surface area contributed by atoms with E-state index in [1.165, 1.54) is 0 Å². The number of benzene rings is 3. The maximum atomic E-state index is 13.3. The lowest BCUT2D eigenvalue weighted by Gasteiger charge is -2.06. The SMILES string of the molecule is CCCCC[n+]1cn(-c2nc3ccccc3nc2N=S(=O)(O)c2ccc(Br)cc2)c2ccccc21. The van der Waals surface area contributed by atoms with Gasteiger partial charge in [0.25, 0.3) is 12.1 Å². The van der Waals surface area contributed by atoms with Gasteiger partial charge in [-0.05, 0) is 61.4 Å². The van der Waals surface area contributed by atoms with E-state index in [4.69, 9.17) is 4.98 Å². The van der Waals surface area contributed by atoms with Crippen molar-refractivity contribution in [3.05, 3.63) is 83.6 Å². The summed E-state index contributed by atoms with van der Waals surface area (Å²) in [6, 6.07) is 22.1. The first-order valence-corrected chi connectivity index (χ1v) is 13.7. The van der Waals surface area contributed by atoms with Crippen molar-refractivity contribution in [1.29, 1.82) is 0 Å². The first-order chi connectivity index (χ1) is 17.0. The highest BCUT2D eigenvalue weighted by atomic mass is 79.9. The predicted octanol–water partition coefficient (Wildman–Crippen LogP) is 6.45. The Morgan fingerprint density at radius 2 is 1.66 bits per heavy atom. The van der Waals surface area contributed by atoms with Gasteiger partial charge in [0.05, 0.1) is 22.5 Å². The second-order valence-electron chi connectivity index (χ2n) is 8.28. The summed E-state index contributed by atoms with van der Waals surface area (Å²) in [7, 11) is -3.76. The number of rotatable bonds is 7. The molecule has 0 aliphatic rings. The monoisotopic (exact) mass is 550 g/mol. The molecule has 2 aromatic heterocycles. The van der Waals surface area contributed by atoms with Gasteiger partial charge in [-0.2, -0.15) is 4.57 Å². The second-order valence-corrected chi connectivity index (χ2v) is 10.8. The Morgan fingerprint density at radius 1 is 0.971 bits per heavy atom. The van der Waals surface area contributed by atoms with Crippen LogP contribution < -0.4 is 4.57 Å². The summed E-state index contributed by atoms with van der Waals surface area (Å²) in [5, 5.41) is 0. The lowest BCUT2D eigenvalue weighted by Crippen LogP contribution is -2.32.